The fraction of sp³-hybridized carbons (Fsp3) is 0.556. The number of allylic oxidation sites excluding steroid dienone is 14. The third kappa shape index (κ3) is 32.8. The summed E-state index contributed by atoms with van der Waals surface area (Å²) in [6.45, 7) is 1.72. The number of nitrogens with zero attached hydrogens (tertiary/aromatic N) is 2. The number of unbranched alkanes of at least 4 members (excludes halogenated alkanes) is 8. The highest BCUT2D eigenvalue weighted by atomic mass is 31.3. The maximum atomic E-state index is 12.9. The van der Waals surface area contributed by atoms with Gasteiger partial charge in [0.1, 0.15) is 30.7 Å². The van der Waals surface area contributed by atoms with Crippen LogP contribution in [0.5, 0.6) is 0 Å². The van der Waals surface area contributed by atoms with E-state index in [1.807, 2.05) is 37.3 Å². The van der Waals surface area contributed by atoms with E-state index in [2.05, 4.69) is 52.7 Å². The summed E-state index contributed by atoms with van der Waals surface area (Å²) in [5.41, 5.74) is 4.56. The molecule has 1 aliphatic rings. The molecule has 426 valence electrons. The van der Waals surface area contributed by atoms with Gasteiger partial charge >= 0.3 is 33.3 Å². The third-order valence-electron chi connectivity index (χ3n) is 11.0. The zero-order valence-electron chi connectivity index (χ0n) is 44.0. The Hall–Kier alpha value is -4.66. The van der Waals surface area contributed by atoms with Crippen LogP contribution < -0.4 is 11.4 Å². The standard InChI is InChI=1S/C54H83N3O17P2/c1-3-5-7-8-9-10-11-12-13-14-15-16-17-18-22-25-31-37-49(60)69-41-46(72-50(61)38-32-26-30-36-45(59)35-29-24-21-19-20-23-28-34-44(58)33-27-6-4-2)42-70-75(65,66)74-76(67,68)71-43-47-51(62)52(63)53(73-47)57-40-39-48(55)56-54(57)64/h6,9-10,12-13,15-16,20-21,23-24,27-30,34-36,39-40,44-47,51-53,58-59,62-63H,3-5,7-8,11,14,17-19,22,25-26,31-33,37-38,41-43H2,1-2H3,(H,65,66)(H,67,68)(H2,55,56,64)/b10-9-,13-12-,16-15-,23-20-,24-21-,27-6-,34-28+,35-29+,36-30-/t44-,45-,46+,47+,51+,52+,53+/m0/s1. The maximum absolute atomic E-state index is 12.9. The summed E-state index contributed by atoms with van der Waals surface area (Å²) in [6, 6.07) is 1.23. The van der Waals surface area contributed by atoms with Gasteiger partial charge in [-0.05, 0) is 83.1 Å². The molecule has 2 unspecified atom stereocenters. The molecule has 0 aromatic carbocycles. The number of hydrogen-bond acceptors (Lipinski definition) is 17. The van der Waals surface area contributed by atoms with Gasteiger partial charge in [-0.1, -0.05) is 149 Å². The number of carbonyl (C=O) groups is 2. The number of phosphoric acid groups is 2. The summed E-state index contributed by atoms with van der Waals surface area (Å²) in [4.78, 5) is 62.0. The minimum atomic E-state index is -5.49. The number of nitrogens with two attached hydrogens (primary N) is 1. The Morgan fingerprint density at radius 1 is 0.724 bits per heavy atom. The molecule has 0 bridgehead atoms. The molecule has 20 nitrogen and oxygen atoms in total. The zero-order chi connectivity index (χ0) is 55.9. The fourth-order valence-corrected chi connectivity index (χ4v) is 9.05. The molecule has 0 saturated carbocycles. The number of phosphoric ester groups is 2. The predicted octanol–water partition coefficient (Wildman–Crippen LogP) is 8.94. The number of nitrogen functional groups attached to an aromatic ring is 1. The van der Waals surface area contributed by atoms with E-state index in [4.69, 9.17) is 29.0 Å². The Kier molecular flexibility index (Phi) is 36.0. The molecule has 2 heterocycles. The second-order valence-corrected chi connectivity index (χ2v) is 20.7. The van der Waals surface area contributed by atoms with Crippen molar-refractivity contribution in [3.8, 4) is 0 Å². The zero-order valence-corrected chi connectivity index (χ0v) is 45.8. The van der Waals surface area contributed by atoms with Crippen LogP contribution in [-0.2, 0) is 46.3 Å². The van der Waals surface area contributed by atoms with Crippen molar-refractivity contribution < 1.29 is 76.5 Å². The molecule has 0 radical (unpaired) electrons. The quantitative estimate of drug-likeness (QED) is 0.0106. The predicted molar refractivity (Wildman–Crippen MR) is 291 cm³/mol. The molecule has 22 heteroatoms. The topological polar surface area (TPSA) is 306 Å². The highest BCUT2D eigenvalue weighted by Gasteiger charge is 2.46. The molecule has 1 fully saturated rings. The molecule has 1 aliphatic heterocycles. The molecule has 9 atom stereocenters. The lowest BCUT2D eigenvalue weighted by Gasteiger charge is -2.21. The highest BCUT2D eigenvalue weighted by molar-refractivity contribution is 7.61. The van der Waals surface area contributed by atoms with E-state index in [0.29, 0.717) is 25.7 Å². The van der Waals surface area contributed by atoms with E-state index >= 15 is 0 Å². The molecule has 0 aliphatic carbocycles. The van der Waals surface area contributed by atoms with Gasteiger partial charge in [0.25, 0.3) is 0 Å². The Balaban J connectivity index is 1.88. The van der Waals surface area contributed by atoms with E-state index in [0.717, 1.165) is 62.1 Å². The van der Waals surface area contributed by atoms with Crippen molar-refractivity contribution in [3.05, 3.63) is 132 Å². The smallest absolute Gasteiger partial charge is 0.462 e. The van der Waals surface area contributed by atoms with Crippen molar-refractivity contribution in [3.63, 3.8) is 0 Å². The number of hydrogen-bond donors (Lipinski definition) is 7. The second kappa shape index (κ2) is 40.5. The van der Waals surface area contributed by atoms with Crippen LogP contribution in [0.4, 0.5) is 5.82 Å². The minimum Gasteiger partial charge on any atom is -0.462 e. The Morgan fingerprint density at radius 2 is 1.34 bits per heavy atom. The van der Waals surface area contributed by atoms with Gasteiger partial charge in [0.2, 0.25) is 0 Å². The van der Waals surface area contributed by atoms with E-state index < -0.39 is 95.9 Å². The van der Waals surface area contributed by atoms with Gasteiger partial charge in [0.05, 0.1) is 25.4 Å². The number of rotatable bonds is 41. The second-order valence-electron chi connectivity index (χ2n) is 17.7. The monoisotopic (exact) mass is 1110 g/mol. The summed E-state index contributed by atoms with van der Waals surface area (Å²) >= 11 is 0. The fourth-order valence-electron chi connectivity index (χ4n) is 6.94. The van der Waals surface area contributed by atoms with Gasteiger partial charge in [-0.2, -0.15) is 9.29 Å². The molecule has 2 rings (SSSR count). The Labute approximate surface area is 447 Å². The minimum absolute atomic E-state index is 0.0513. The van der Waals surface area contributed by atoms with Crippen molar-refractivity contribution in [2.24, 2.45) is 0 Å². The van der Waals surface area contributed by atoms with Gasteiger partial charge in [0, 0.05) is 19.0 Å². The molecule has 1 aromatic heterocycles. The average molecular weight is 1110 g/mol. The van der Waals surface area contributed by atoms with Crippen molar-refractivity contribution in [1.29, 1.82) is 0 Å². The van der Waals surface area contributed by atoms with E-state index in [9.17, 15) is 53.7 Å². The lowest BCUT2D eigenvalue weighted by molar-refractivity contribution is -0.161. The first-order chi connectivity index (χ1) is 36.5. The Bertz CT molecular complexity index is 2240. The first-order valence-electron chi connectivity index (χ1n) is 26.1. The van der Waals surface area contributed by atoms with Gasteiger partial charge < -0.3 is 50.2 Å². The normalized spacial score (nSPS) is 20.4. The van der Waals surface area contributed by atoms with Gasteiger partial charge in [-0.25, -0.2) is 13.9 Å². The van der Waals surface area contributed by atoms with Crippen LogP contribution in [0.1, 0.15) is 136 Å². The van der Waals surface area contributed by atoms with Crippen LogP contribution in [0.15, 0.2) is 126 Å². The van der Waals surface area contributed by atoms with Crippen molar-refractivity contribution in [2.45, 2.75) is 172 Å². The van der Waals surface area contributed by atoms with Crippen LogP contribution in [-0.4, -0.2) is 108 Å². The Morgan fingerprint density at radius 3 is 2.03 bits per heavy atom. The first-order valence-corrected chi connectivity index (χ1v) is 29.1. The molecular formula is C54H83N3O17P2. The number of aliphatic hydroxyl groups excluding tert-OH is 4. The number of aliphatic hydroxyl groups is 4. The SMILES string of the molecule is CC/C=C\C[C@H](O)/C=C/C=C\C/C=C\C=C\[C@H](O)/C=C\CCCC(=O)O[C@H](COC(=O)CCCCCC/C=C\C/C=C\C/C=C\CCCCC)COP(=O)(O)OP(=O)(O)OC[C@H]1O[C@@H](n2ccc(N)nc2=O)[C@H](O)[C@@H]1O. The number of esters is 2. The van der Waals surface area contributed by atoms with Crippen molar-refractivity contribution in [1.82, 2.24) is 9.55 Å². The molecule has 0 spiro atoms. The van der Waals surface area contributed by atoms with Crippen LogP contribution in [0, 0.1) is 0 Å². The summed E-state index contributed by atoms with van der Waals surface area (Å²) in [7, 11) is -11.0. The molecule has 8 N–H and O–H groups in total. The number of ether oxygens (including phenoxy) is 3. The lowest BCUT2D eigenvalue weighted by atomic mass is 10.1. The molecular weight excluding hydrogens is 1020 g/mol. The lowest BCUT2D eigenvalue weighted by Crippen LogP contribution is -2.36. The van der Waals surface area contributed by atoms with Crippen LogP contribution in [0.25, 0.3) is 0 Å². The van der Waals surface area contributed by atoms with Crippen LogP contribution in [0.2, 0.25) is 0 Å². The molecule has 0 amide bonds. The van der Waals surface area contributed by atoms with Gasteiger partial charge in [0.15, 0.2) is 12.3 Å². The summed E-state index contributed by atoms with van der Waals surface area (Å²) < 4.78 is 56.6. The summed E-state index contributed by atoms with van der Waals surface area (Å²) in [6.07, 6.45) is 39.4. The van der Waals surface area contributed by atoms with E-state index in [-0.39, 0.29) is 25.1 Å². The largest absolute Gasteiger partial charge is 0.481 e. The molecule has 1 aromatic rings. The van der Waals surface area contributed by atoms with Crippen LogP contribution >= 0.6 is 15.6 Å². The van der Waals surface area contributed by atoms with Gasteiger partial charge in [-0.3, -0.25) is 23.2 Å². The third-order valence-corrected chi connectivity index (χ3v) is 13.6. The van der Waals surface area contributed by atoms with Crippen molar-refractivity contribution in [2.75, 3.05) is 25.6 Å². The first kappa shape index (κ1) is 67.4. The summed E-state index contributed by atoms with van der Waals surface area (Å²) in [5, 5.41) is 41.1. The number of aromatic nitrogens is 2. The average Bonchev–Trinajstić information content (AvgIpc) is 3.65. The van der Waals surface area contributed by atoms with Crippen LogP contribution in [0.3, 0.4) is 0 Å². The highest BCUT2D eigenvalue weighted by Crippen LogP contribution is 2.60. The molecule has 76 heavy (non-hydrogen) atoms. The van der Waals surface area contributed by atoms with E-state index in [1.54, 1.807) is 36.5 Å². The van der Waals surface area contributed by atoms with Gasteiger partial charge in [-0.15, -0.1) is 0 Å². The van der Waals surface area contributed by atoms with Crippen molar-refractivity contribution >= 4 is 33.4 Å². The number of anilines is 1. The maximum Gasteiger partial charge on any atom is 0.481 e. The van der Waals surface area contributed by atoms with E-state index in [1.165, 1.54) is 31.4 Å². The summed E-state index contributed by atoms with van der Waals surface area (Å²) in [5.74, 6) is -1.53. The number of carbonyl (C=O) groups excluding carboxylic acids is 2. The molecule has 1 saturated heterocycles.